The van der Waals surface area contributed by atoms with Gasteiger partial charge in [0, 0.05) is 32.3 Å². The molecule has 3 heterocycles. The number of amides is 2. The fourth-order valence-corrected chi connectivity index (χ4v) is 5.89. The number of pyridine rings is 1. The van der Waals surface area contributed by atoms with Crippen molar-refractivity contribution >= 4 is 39.0 Å². The van der Waals surface area contributed by atoms with Gasteiger partial charge in [-0.15, -0.1) is 11.3 Å². The van der Waals surface area contributed by atoms with Crippen molar-refractivity contribution < 1.29 is 18.0 Å². The number of hydrogen-bond acceptors (Lipinski definition) is 6. The summed E-state index contributed by atoms with van der Waals surface area (Å²) in [6.45, 7) is 2.41. The Kier molecular flexibility index (Phi) is 6.66. The molecular formula is C19H24N4O4S2. The summed E-state index contributed by atoms with van der Waals surface area (Å²) in [5.74, 6) is -0.315. The molecule has 0 unspecified atom stereocenters. The number of anilines is 1. The van der Waals surface area contributed by atoms with E-state index in [9.17, 15) is 18.0 Å². The molecule has 8 nitrogen and oxygen atoms in total. The number of aromatic nitrogens is 1. The molecule has 0 aliphatic carbocycles. The maximum absolute atomic E-state index is 12.7. The van der Waals surface area contributed by atoms with E-state index in [0.29, 0.717) is 36.0 Å². The van der Waals surface area contributed by atoms with Crippen LogP contribution in [0.25, 0.3) is 0 Å². The molecule has 0 spiro atoms. The average Bonchev–Trinajstić information content (AvgIpc) is 3.23. The number of sulfonamides is 1. The zero-order valence-electron chi connectivity index (χ0n) is 16.4. The lowest BCUT2D eigenvalue weighted by molar-refractivity contribution is -0.138. The van der Waals surface area contributed by atoms with E-state index in [2.05, 4.69) is 10.3 Å². The third-order valence-electron chi connectivity index (χ3n) is 4.83. The van der Waals surface area contributed by atoms with Crippen molar-refractivity contribution in [1.82, 2.24) is 14.2 Å². The molecule has 2 amide bonds. The highest BCUT2D eigenvalue weighted by molar-refractivity contribution is 7.91. The van der Waals surface area contributed by atoms with Crippen LogP contribution in [-0.4, -0.2) is 61.1 Å². The van der Waals surface area contributed by atoms with Gasteiger partial charge in [-0.3, -0.25) is 9.59 Å². The van der Waals surface area contributed by atoms with Crippen LogP contribution >= 0.6 is 11.3 Å². The van der Waals surface area contributed by atoms with Crippen LogP contribution in [0.3, 0.4) is 0 Å². The van der Waals surface area contributed by atoms with Crippen molar-refractivity contribution in [2.45, 2.75) is 24.0 Å². The molecule has 10 heteroatoms. The molecule has 1 N–H and O–H groups in total. The van der Waals surface area contributed by atoms with Crippen LogP contribution in [-0.2, 0) is 19.6 Å². The minimum Gasteiger partial charge on any atom is -0.336 e. The number of likely N-dealkylation sites (N-methyl/N-ethyl adjacent to an activating group) is 1. The van der Waals surface area contributed by atoms with Gasteiger partial charge in [0.05, 0.1) is 6.54 Å². The van der Waals surface area contributed by atoms with E-state index in [0.717, 1.165) is 5.56 Å². The number of carbonyl (C=O) groups is 2. The number of nitrogens with one attached hydrogen (secondary N) is 1. The van der Waals surface area contributed by atoms with Gasteiger partial charge in [-0.25, -0.2) is 13.4 Å². The Hall–Kier alpha value is -2.30. The van der Waals surface area contributed by atoms with Gasteiger partial charge in [0.25, 0.3) is 10.0 Å². The molecule has 1 fully saturated rings. The number of rotatable bonds is 6. The molecule has 0 aromatic carbocycles. The molecule has 0 bridgehead atoms. The monoisotopic (exact) mass is 436 g/mol. The summed E-state index contributed by atoms with van der Waals surface area (Å²) in [4.78, 5) is 30.4. The maximum atomic E-state index is 12.7. The molecule has 0 radical (unpaired) electrons. The summed E-state index contributed by atoms with van der Waals surface area (Å²) in [6, 6.07) is 6.88. The second-order valence-corrected chi connectivity index (χ2v) is 10.2. The van der Waals surface area contributed by atoms with Crippen LogP contribution in [0.1, 0.15) is 18.4 Å². The smallest absolute Gasteiger partial charge is 0.252 e. The first kappa shape index (κ1) is 21.4. The van der Waals surface area contributed by atoms with Gasteiger partial charge in [-0.2, -0.15) is 4.31 Å². The quantitative estimate of drug-likeness (QED) is 0.746. The Morgan fingerprint density at radius 3 is 2.66 bits per heavy atom. The molecule has 1 saturated heterocycles. The zero-order chi connectivity index (χ0) is 21.0. The first-order valence-corrected chi connectivity index (χ1v) is 11.6. The zero-order valence-corrected chi connectivity index (χ0v) is 18.0. The molecule has 1 aliphatic heterocycles. The highest BCUT2D eigenvalue weighted by Crippen LogP contribution is 2.27. The molecule has 1 aliphatic rings. The number of carbonyl (C=O) groups excluding carboxylic acids is 2. The maximum Gasteiger partial charge on any atom is 0.252 e. The first-order valence-electron chi connectivity index (χ1n) is 9.28. The molecule has 156 valence electrons. The van der Waals surface area contributed by atoms with Crippen LogP contribution in [0, 0.1) is 12.8 Å². The lowest BCUT2D eigenvalue weighted by atomic mass is 9.97. The van der Waals surface area contributed by atoms with Crippen LogP contribution < -0.4 is 5.32 Å². The fourth-order valence-electron chi connectivity index (χ4n) is 3.27. The van der Waals surface area contributed by atoms with Gasteiger partial charge in [-0.1, -0.05) is 6.07 Å². The summed E-state index contributed by atoms with van der Waals surface area (Å²) in [6.07, 6.45) is 2.49. The van der Waals surface area contributed by atoms with E-state index in [-0.39, 0.29) is 24.3 Å². The molecule has 2 aromatic rings. The lowest BCUT2D eigenvalue weighted by Crippen LogP contribution is -2.44. The van der Waals surface area contributed by atoms with Gasteiger partial charge in [-0.05, 0) is 48.9 Å². The average molecular weight is 437 g/mol. The summed E-state index contributed by atoms with van der Waals surface area (Å²) < 4.78 is 26.9. The first-order chi connectivity index (χ1) is 13.8. The molecule has 0 saturated carbocycles. The van der Waals surface area contributed by atoms with Crippen molar-refractivity contribution in [3.8, 4) is 0 Å². The van der Waals surface area contributed by atoms with E-state index in [1.807, 2.05) is 13.0 Å². The van der Waals surface area contributed by atoms with Crippen molar-refractivity contribution in [2.24, 2.45) is 5.92 Å². The summed E-state index contributed by atoms with van der Waals surface area (Å²) in [5, 5.41) is 4.42. The van der Waals surface area contributed by atoms with Crippen LogP contribution in [0.4, 0.5) is 5.82 Å². The second-order valence-electron chi connectivity index (χ2n) is 7.07. The predicted octanol–water partition coefficient (Wildman–Crippen LogP) is 1.95. The van der Waals surface area contributed by atoms with E-state index < -0.39 is 10.0 Å². The summed E-state index contributed by atoms with van der Waals surface area (Å²) in [7, 11) is -1.91. The third kappa shape index (κ3) is 5.20. The minimum atomic E-state index is -3.49. The molecule has 29 heavy (non-hydrogen) atoms. The standard InChI is InChI=1S/C19H24N4O4S2/c1-14-5-8-20-16(12-14)21-17(24)13-22(2)19(25)15-6-9-23(10-7-15)29(26,27)18-4-3-11-28-18/h3-5,8,11-12,15H,6-7,9-10,13H2,1-2H3,(H,20,21,24). The van der Waals surface area contributed by atoms with Crippen LogP contribution in [0.5, 0.6) is 0 Å². The van der Waals surface area contributed by atoms with Gasteiger partial charge >= 0.3 is 0 Å². The van der Waals surface area contributed by atoms with Gasteiger partial charge < -0.3 is 10.2 Å². The second kappa shape index (κ2) is 9.02. The Balaban J connectivity index is 1.51. The SMILES string of the molecule is Cc1ccnc(NC(=O)CN(C)C(=O)C2CCN(S(=O)(=O)c3cccs3)CC2)c1. The lowest BCUT2D eigenvalue weighted by Gasteiger charge is -2.32. The summed E-state index contributed by atoms with van der Waals surface area (Å²) >= 11 is 1.19. The highest BCUT2D eigenvalue weighted by Gasteiger charge is 2.33. The number of nitrogens with zero attached hydrogens (tertiary/aromatic N) is 3. The van der Waals surface area contributed by atoms with Crippen LogP contribution in [0.15, 0.2) is 40.1 Å². The third-order valence-corrected chi connectivity index (χ3v) is 8.10. The predicted molar refractivity (Wildman–Crippen MR) is 111 cm³/mol. The van der Waals surface area contributed by atoms with E-state index >= 15 is 0 Å². The van der Waals surface area contributed by atoms with Crippen molar-refractivity contribution in [1.29, 1.82) is 0 Å². The van der Waals surface area contributed by atoms with E-state index in [1.54, 1.807) is 36.8 Å². The summed E-state index contributed by atoms with van der Waals surface area (Å²) in [5.41, 5.74) is 0.976. The number of aryl methyl sites for hydroxylation is 1. The van der Waals surface area contributed by atoms with E-state index in [4.69, 9.17) is 0 Å². The largest absolute Gasteiger partial charge is 0.336 e. The molecular weight excluding hydrogens is 412 g/mol. The molecule has 3 rings (SSSR count). The number of piperidine rings is 1. The van der Waals surface area contributed by atoms with Crippen molar-refractivity contribution in [2.75, 3.05) is 32.0 Å². The van der Waals surface area contributed by atoms with Gasteiger partial charge in [0.1, 0.15) is 10.0 Å². The van der Waals surface area contributed by atoms with Gasteiger partial charge in [0.15, 0.2) is 0 Å². The van der Waals surface area contributed by atoms with Crippen molar-refractivity contribution in [3.63, 3.8) is 0 Å². The Morgan fingerprint density at radius 1 is 1.31 bits per heavy atom. The fraction of sp³-hybridized carbons (Fsp3) is 0.421. The Bertz CT molecular complexity index is 968. The van der Waals surface area contributed by atoms with Gasteiger partial charge in [0.2, 0.25) is 11.8 Å². The molecule has 2 aromatic heterocycles. The Labute approximate surface area is 174 Å². The van der Waals surface area contributed by atoms with Crippen LogP contribution in [0.2, 0.25) is 0 Å². The minimum absolute atomic E-state index is 0.0812. The number of hydrogen-bond donors (Lipinski definition) is 1. The number of thiophene rings is 1. The highest BCUT2D eigenvalue weighted by atomic mass is 32.2. The topological polar surface area (TPSA) is 99.7 Å². The normalized spacial score (nSPS) is 15.8. The van der Waals surface area contributed by atoms with E-state index in [1.165, 1.54) is 20.5 Å². The Morgan fingerprint density at radius 2 is 2.03 bits per heavy atom. The van der Waals surface area contributed by atoms with Crippen molar-refractivity contribution in [3.05, 3.63) is 41.4 Å². The molecule has 0 atom stereocenters.